The van der Waals surface area contributed by atoms with Crippen molar-refractivity contribution in [3.63, 3.8) is 0 Å². The highest BCUT2D eigenvalue weighted by molar-refractivity contribution is 5.52. The Balaban J connectivity index is 1.54. The first-order valence-electron chi connectivity index (χ1n) is 17.3. The van der Waals surface area contributed by atoms with E-state index in [1.807, 2.05) is 0 Å². The molecule has 0 aromatic heterocycles. The monoisotopic (exact) mass is 592 g/mol. The molecule has 4 atom stereocenters. The van der Waals surface area contributed by atoms with Crippen molar-refractivity contribution < 1.29 is 18.9 Å². The first-order chi connectivity index (χ1) is 20.5. The van der Waals surface area contributed by atoms with Crippen molar-refractivity contribution in [3.05, 3.63) is 57.6 Å². The van der Waals surface area contributed by atoms with E-state index in [0.717, 1.165) is 70.0 Å². The van der Waals surface area contributed by atoms with E-state index >= 15 is 0 Å². The molecule has 240 valence electrons. The minimum absolute atomic E-state index is 0.397. The summed E-state index contributed by atoms with van der Waals surface area (Å²) in [6.45, 7) is 26.3. The van der Waals surface area contributed by atoms with E-state index in [1.54, 1.807) is 0 Å². The highest BCUT2D eigenvalue weighted by atomic mass is 16.6. The number of benzene rings is 2. The third kappa shape index (κ3) is 9.47. The molecule has 0 N–H and O–H groups in total. The zero-order chi connectivity index (χ0) is 31.3. The molecule has 0 amide bonds. The summed E-state index contributed by atoms with van der Waals surface area (Å²) in [6.07, 6.45) is 6.30. The molecule has 4 rings (SSSR count). The molecular weight excluding hydrogens is 532 g/mol. The minimum atomic E-state index is 0.397. The van der Waals surface area contributed by atoms with Gasteiger partial charge in [-0.1, -0.05) is 93.5 Å². The Labute approximate surface area is 263 Å². The predicted octanol–water partition coefficient (Wildman–Crippen LogP) is 10.2. The summed E-state index contributed by atoms with van der Waals surface area (Å²) in [4.78, 5) is 0. The molecule has 0 aliphatic carbocycles. The van der Waals surface area contributed by atoms with E-state index in [2.05, 4.69) is 93.5 Å². The standard InChI is InChI=1S/C39H60O4/c1-24(2)32-18-30(19-33(25(3)4)38(32)40-15-11-13-28(9)36-22-42-36)17-31-20-34(26(5)6)39(35(21-31)27(7)8)41-16-12-14-29(10)37-23-43-37/h18-21,24-29,36-37H,11-17,22-23H2,1-10H3. The largest absolute Gasteiger partial charge is 0.493 e. The molecule has 2 aromatic rings. The predicted molar refractivity (Wildman–Crippen MR) is 179 cm³/mol. The molecule has 0 spiro atoms. The van der Waals surface area contributed by atoms with Crippen molar-refractivity contribution in [2.75, 3.05) is 26.4 Å². The van der Waals surface area contributed by atoms with Gasteiger partial charge in [0.05, 0.1) is 38.6 Å². The van der Waals surface area contributed by atoms with Gasteiger partial charge in [0, 0.05) is 0 Å². The Morgan fingerprint density at radius 2 is 0.860 bits per heavy atom. The first-order valence-corrected chi connectivity index (χ1v) is 17.3. The van der Waals surface area contributed by atoms with Crippen LogP contribution in [0.1, 0.15) is 152 Å². The summed E-state index contributed by atoms with van der Waals surface area (Å²) < 4.78 is 24.1. The number of hydrogen-bond donors (Lipinski definition) is 0. The van der Waals surface area contributed by atoms with E-state index in [0.29, 0.717) is 47.7 Å². The van der Waals surface area contributed by atoms with Gasteiger partial charge in [-0.15, -0.1) is 0 Å². The molecule has 4 unspecified atom stereocenters. The molecule has 0 radical (unpaired) electrons. The lowest BCUT2D eigenvalue weighted by Crippen LogP contribution is -2.10. The molecule has 2 saturated heterocycles. The minimum Gasteiger partial charge on any atom is -0.493 e. The molecule has 4 heteroatoms. The summed E-state index contributed by atoms with van der Waals surface area (Å²) in [7, 11) is 0. The SMILES string of the molecule is CC(C)c1cc(Cc2cc(C(C)C)c(OCCCC(C)C3CO3)c(C(C)C)c2)cc(C(C)C)c1OCCCC(C)C1CO1. The molecule has 43 heavy (non-hydrogen) atoms. The highest BCUT2D eigenvalue weighted by Gasteiger charge is 2.29. The maximum absolute atomic E-state index is 6.58. The molecule has 0 bridgehead atoms. The molecular formula is C39H60O4. The topological polar surface area (TPSA) is 43.5 Å². The van der Waals surface area contributed by atoms with Crippen molar-refractivity contribution in [1.29, 1.82) is 0 Å². The third-order valence-electron chi connectivity index (χ3n) is 9.40. The molecule has 2 aliphatic rings. The third-order valence-corrected chi connectivity index (χ3v) is 9.40. The smallest absolute Gasteiger partial charge is 0.126 e. The van der Waals surface area contributed by atoms with Gasteiger partial charge in [-0.3, -0.25) is 0 Å². The Morgan fingerprint density at radius 3 is 1.12 bits per heavy atom. The van der Waals surface area contributed by atoms with Crippen LogP contribution in [0.2, 0.25) is 0 Å². The van der Waals surface area contributed by atoms with Crippen LogP contribution in [0.5, 0.6) is 11.5 Å². The summed E-state index contributed by atoms with van der Waals surface area (Å²) in [5.41, 5.74) is 8.07. The molecule has 2 aromatic carbocycles. The Hall–Kier alpha value is -2.04. The van der Waals surface area contributed by atoms with Gasteiger partial charge in [0.25, 0.3) is 0 Å². The van der Waals surface area contributed by atoms with Crippen LogP contribution in [0.4, 0.5) is 0 Å². The van der Waals surface area contributed by atoms with Gasteiger partial charge in [-0.05, 0) is 101 Å². The number of hydrogen-bond acceptors (Lipinski definition) is 4. The van der Waals surface area contributed by atoms with Crippen LogP contribution in [0.25, 0.3) is 0 Å². The maximum Gasteiger partial charge on any atom is 0.126 e. The fraction of sp³-hybridized carbons (Fsp3) is 0.692. The van der Waals surface area contributed by atoms with E-state index in [4.69, 9.17) is 18.9 Å². The fourth-order valence-electron chi connectivity index (χ4n) is 6.27. The van der Waals surface area contributed by atoms with Crippen LogP contribution in [-0.2, 0) is 15.9 Å². The molecule has 4 nitrogen and oxygen atoms in total. The zero-order valence-corrected chi connectivity index (χ0v) is 28.9. The van der Waals surface area contributed by atoms with Gasteiger partial charge in [0.1, 0.15) is 11.5 Å². The molecule has 2 fully saturated rings. The van der Waals surface area contributed by atoms with Crippen LogP contribution in [0, 0.1) is 11.8 Å². The van der Waals surface area contributed by atoms with Gasteiger partial charge < -0.3 is 18.9 Å². The lowest BCUT2D eigenvalue weighted by atomic mass is 9.87. The van der Waals surface area contributed by atoms with E-state index in [9.17, 15) is 0 Å². The van der Waals surface area contributed by atoms with E-state index in [-0.39, 0.29) is 0 Å². The van der Waals surface area contributed by atoms with Gasteiger partial charge >= 0.3 is 0 Å². The number of epoxide rings is 2. The second-order valence-corrected chi connectivity index (χ2v) is 14.7. The summed E-state index contributed by atoms with van der Waals surface area (Å²) in [6, 6.07) is 9.63. The van der Waals surface area contributed by atoms with Crippen LogP contribution in [-0.4, -0.2) is 38.6 Å². The van der Waals surface area contributed by atoms with Crippen LogP contribution >= 0.6 is 0 Å². The van der Waals surface area contributed by atoms with Crippen molar-refractivity contribution in [3.8, 4) is 11.5 Å². The van der Waals surface area contributed by atoms with Crippen molar-refractivity contribution in [2.24, 2.45) is 11.8 Å². The Kier molecular flexibility index (Phi) is 12.0. The van der Waals surface area contributed by atoms with Crippen LogP contribution in [0.3, 0.4) is 0 Å². The second kappa shape index (κ2) is 15.3. The normalized spacial score (nSPS) is 19.4. The average molecular weight is 593 g/mol. The van der Waals surface area contributed by atoms with Crippen molar-refractivity contribution >= 4 is 0 Å². The lowest BCUT2D eigenvalue weighted by Gasteiger charge is -2.24. The zero-order valence-electron chi connectivity index (χ0n) is 28.9. The van der Waals surface area contributed by atoms with E-state index < -0.39 is 0 Å². The quantitative estimate of drug-likeness (QED) is 0.128. The molecule has 0 saturated carbocycles. The average Bonchev–Trinajstić information content (AvgIpc) is 3.86. The van der Waals surface area contributed by atoms with E-state index in [1.165, 1.54) is 33.4 Å². The lowest BCUT2D eigenvalue weighted by molar-refractivity contribution is 0.270. The summed E-state index contributed by atoms with van der Waals surface area (Å²) in [5, 5.41) is 0. The number of ether oxygens (including phenoxy) is 4. The molecule has 2 heterocycles. The summed E-state index contributed by atoms with van der Waals surface area (Å²) >= 11 is 0. The van der Waals surface area contributed by atoms with Gasteiger partial charge in [-0.2, -0.15) is 0 Å². The Morgan fingerprint density at radius 1 is 0.558 bits per heavy atom. The summed E-state index contributed by atoms with van der Waals surface area (Å²) in [5.74, 6) is 5.05. The van der Waals surface area contributed by atoms with Gasteiger partial charge in [-0.25, -0.2) is 0 Å². The first kappa shape index (κ1) is 33.8. The van der Waals surface area contributed by atoms with Gasteiger partial charge in [0.15, 0.2) is 0 Å². The van der Waals surface area contributed by atoms with Crippen molar-refractivity contribution in [2.45, 2.75) is 137 Å². The fourth-order valence-corrected chi connectivity index (χ4v) is 6.27. The highest BCUT2D eigenvalue weighted by Crippen LogP contribution is 2.40. The maximum atomic E-state index is 6.58. The Bertz CT molecular complexity index is 1020. The number of rotatable bonds is 18. The van der Waals surface area contributed by atoms with Crippen LogP contribution < -0.4 is 9.47 Å². The second-order valence-electron chi connectivity index (χ2n) is 14.7. The van der Waals surface area contributed by atoms with Gasteiger partial charge in [0.2, 0.25) is 0 Å². The van der Waals surface area contributed by atoms with Crippen LogP contribution in [0.15, 0.2) is 24.3 Å². The van der Waals surface area contributed by atoms with Crippen molar-refractivity contribution in [1.82, 2.24) is 0 Å². The molecule has 2 aliphatic heterocycles.